The van der Waals surface area contributed by atoms with Crippen LogP contribution >= 0.6 is 0 Å². The van der Waals surface area contributed by atoms with Gasteiger partial charge < -0.3 is 9.73 Å². The largest absolute Gasteiger partial charge is 0.468 e. The molecule has 0 spiro atoms. The molecule has 1 aromatic rings. The summed E-state index contributed by atoms with van der Waals surface area (Å²) in [5, 5.41) is 3.39. The Bertz CT molecular complexity index is 395. The summed E-state index contributed by atoms with van der Waals surface area (Å²) in [6.07, 6.45) is 6.55. The van der Waals surface area contributed by atoms with Crippen molar-refractivity contribution >= 4 is 0 Å². The van der Waals surface area contributed by atoms with Gasteiger partial charge in [0, 0.05) is 25.2 Å². The maximum Gasteiger partial charge on any atom is 0.118 e. The summed E-state index contributed by atoms with van der Waals surface area (Å²) < 4.78 is 5.63. The molecule has 18 heavy (non-hydrogen) atoms. The number of hydrogen-bond donors (Lipinski definition) is 1. The minimum absolute atomic E-state index is 0.913. The minimum Gasteiger partial charge on any atom is -0.468 e. The third-order valence-electron chi connectivity index (χ3n) is 3.25. The summed E-state index contributed by atoms with van der Waals surface area (Å²) in [6.45, 7) is 9.51. The lowest BCUT2D eigenvalue weighted by atomic mass is 10.1. The van der Waals surface area contributed by atoms with Gasteiger partial charge >= 0.3 is 0 Å². The first kappa shape index (κ1) is 13.4. The number of furan rings is 1. The molecule has 1 N–H and O–H groups in total. The molecule has 0 fully saturated rings. The van der Waals surface area contributed by atoms with Gasteiger partial charge in [0.25, 0.3) is 0 Å². The second kappa shape index (κ2) is 6.76. The van der Waals surface area contributed by atoms with Crippen LogP contribution in [0.3, 0.4) is 0 Å². The Balaban J connectivity index is 1.81. The van der Waals surface area contributed by atoms with E-state index in [-0.39, 0.29) is 0 Å². The van der Waals surface area contributed by atoms with E-state index in [0.717, 1.165) is 44.9 Å². The van der Waals surface area contributed by atoms with Crippen LogP contribution < -0.4 is 5.32 Å². The topological polar surface area (TPSA) is 28.4 Å². The zero-order valence-electron chi connectivity index (χ0n) is 11.5. The number of rotatable bonds is 6. The standard InChI is InChI=1S/C15H24N2O/c1-3-6-16-9-14-8-15(18-12-14)11-17-7-4-5-13(2)10-17/h5,8,12,16H,3-4,6-7,9-11H2,1-2H3. The lowest BCUT2D eigenvalue weighted by molar-refractivity contribution is 0.258. The average Bonchev–Trinajstić information content (AvgIpc) is 2.77. The predicted octanol–water partition coefficient (Wildman–Crippen LogP) is 2.93. The van der Waals surface area contributed by atoms with Gasteiger partial charge in [0.1, 0.15) is 5.76 Å². The SMILES string of the molecule is CCCNCc1coc(CN2CCC=C(C)C2)c1. The first-order valence-electron chi connectivity index (χ1n) is 6.93. The summed E-state index contributed by atoms with van der Waals surface area (Å²) in [5.74, 6) is 1.08. The normalized spacial score (nSPS) is 16.9. The van der Waals surface area contributed by atoms with Crippen molar-refractivity contribution in [2.24, 2.45) is 0 Å². The quantitative estimate of drug-likeness (QED) is 0.620. The zero-order valence-corrected chi connectivity index (χ0v) is 11.5. The van der Waals surface area contributed by atoms with Crippen molar-refractivity contribution in [3.8, 4) is 0 Å². The van der Waals surface area contributed by atoms with E-state index in [1.165, 1.54) is 17.6 Å². The summed E-state index contributed by atoms with van der Waals surface area (Å²) in [4.78, 5) is 2.44. The van der Waals surface area contributed by atoms with Gasteiger partial charge in [-0.05, 0) is 32.4 Å². The number of nitrogens with zero attached hydrogens (tertiary/aromatic N) is 1. The van der Waals surface area contributed by atoms with Gasteiger partial charge in [-0.2, -0.15) is 0 Å². The Morgan fingerprint density at radius 1 is 1.44 bits per heavy atom. The van der Waals surface area contributed by atoms with Crippen molar-refractivity contribution in [3.05, 3.63) is 35.3 Å². The Labute approximate surface area is 110 Å². The molecule has 0 bridgehead atoms. The highest BCUT2D eigenvalue weighted by molar-refractivity contribution is 5.13. The molecule has 1 aliphatic heterocycles. The molecule has 0 aromatic carbocycles. The number of hydrogen-bond acceptors (Lipinski definition) is 3. The van der Waals surface area contributed by atoms with Crippen LogP contribution in [0, 0.1) is 0 Å². The molecule has 0 unspecified atom stereocenters. The van der Waals surface area contributed by atoms with Crippen LogP contribution in [-0.2, 0) is 13.1 Å². The molecule has 1 aromatic heterocycles. The summed E-state index contributed by atoms with van der Waals surface area (Å²) in [6, 6.07) is 2.18. The van der Waals surface area contributed by atoms with E-state index in [2.05, 4.69) is 36.2 Å². The van der Waals surface area contributed by atoms with E-state index in [9.17, 15) is 0 Å². The molecule has 0 radical (unpaired) electrons. The molecule has 1 aliphatic rings. The second-order valence-corrected chi connectivity index (χ2v) is 5.15. The Kier molecular flexibility index (Phi) is 5.02. The van der Waals surface area contributed by atoms with Crippen LogP contribution in [0.1, 0.15) is 38.0 Å². The van der Waals surface area contributed by atoms with Gasteiger partial charge in [0.2, 0.25) is 0 Å². The highest BCUT2D eigenvalue weighted by Gasteiger charge is 2.12. The van der Waals surface area contributed by atoms with E-state index >= 15 is 0 Å². The van der Waals surface area contributed by atoms with E-state index in [1.807, 2.05) is 6.26 Å². The van der Waals surface area contributed by atoms with Crippen molar-refractivity contribution in [2.75, 3.05) is 19.6 Å². The Morgan fingerprint density at radius 3 is 3.11 bits per heavy atom. The summed E-state index contributed by atoms with van der Waals surface area (Å²) >= 11 is 0. The van der Waals surface area contributed by atoms with Gasteiger partial charge in [-0.25, -0.2) is 0 Å². The van der Waals surface area contributed by atoms with E-state index in [0.29, 0.717) is 0 Å². The van der Waals surface area contributed by atoms with Crippen LogP contribution in [0.2, 0.25) is 0 Å². The fourth-order valence-electron chi connectivity index (χ4n) is 2.36. The maximum atomic E-state index is 5.63. The summed E-state index contributed by atoms with van der Waals surface area (Å²) in [5.41, 5.74) is 2.72. The highest BCUT2D eigenvalue weighted by Crippen LogP contribution is 2.15. The van der Waals surface area contributed by atoms with Gasteiger partial charge in [-0.15, -0.1) is 0 Å². The molecule has 3 heteroatoms. The summed E-state index contributed by atoms with van der Waals surface area (Å²) in [7, 11) is 0. The fraction of sp³-hybridized carbons (Fsp3) is 0.600. The smallest absolute Gasteiger partial charge is 0.118 e. The molecular weight excluding hydrogens is 224 g/mol. The van der Waals surface area contributed by atoms with Gasteiger partial charge in [0.05, 0.1) is 12.8 Å². The molecule has 0 saturated heterocycles. The van der Waals surface area contributed by atoms with Crippen LogP contribution in [0.5, 0.6) is 0 Å². The van der Waals surface area contributed by atoms with Crippen LogP contribution in [0.4, 0.5) is 0 Å². The monoisotopic (exact) mass is 248 g/mol. The van der Waals surface area contributed by atoms with Gasteiger partial charge in [-0.1, -0.05) is 18.6 Å². The van der Waals surface area contributed by atoms with Gasteiger partial charge in [-0.3, -0.25) is 4.90 Å². The maximum absolute atomic E-state index is 5.63. The van der Waals surface area contributed by atoms with Crippen molar-refractivity contribution < 1.29 is 4.42 Å². The highest BCUT2D eigenvalue weighted by atomic mass is 16.3. The third-order valence-corrected chi connectivity index (χ3v) is 3.25. The third kappa shape index (κ3) is 4.00. The second-order valence-electron chi connectivity index (χ2n) is 5.15. The molecule has 0 atom stereocenters. The minimum atomic E-state index is 0.913. The van der Waals surface area contributed by atoms with Crippen molar-refractivity contribution in [3.63, 3.8) is 0 Å². The molecule has 100 valence electrons. The first-order chi connectivity index (χ1) is 8.78. The van der Waals surface area contributed by atoms with Crippen LogP contribution in [0.15, 0.2) is 28.4 Å². The van der Waals surface area contributed by atoms with Crippen LogP contribution in [0.25, 0.3) is 0 Å². The molecule has 2 heterocycles. The lowest BCUT2D eigenvalue weighted by Gasteiger charge is -2.24. The number of nitrogens with one attached hydrogen (secondary N) is 1. The molecule has 3 nitrogen and oxygen atoms in total. The molecular formula is C15H24N2O. The Morgan fingerprint density at radius 2 is 2.33 bits per heavy atom. The molecule has 0 aliphatic carbocycles. The van der Waals surface area contributed by atoms with E-state index in [4.69, 9.17) is 4.42 Å². The molecule has 2 rings (SSSR count). The van der Waals surface area contributed by atoms with Crippen molar-refractivity contribution in [1.29, 1.82) is 0 Å². The van der Waals surface area contributed by atoms with Crippen molar-refractivity contribution in [2.45, 2.75) is 39.8 Å². The Hall–Kier alpha value is -1.06. The fourth-order valence-corrected chi connectivity index (χ4v) is 2.36. The van der Waals surface area contributed by atoms with E-state index in [1.54, 1.807) is 0 Å². The van der Waals surface area contributed by atoms with Crippen LogP contribution in [-0.4, -0.2) is 24.5 Å². The van der Waals surface area contributed by atoms with Crippen molar-refractivity contribution in [1.82, 2.24) is 10.2 Å². The predicted molar refractivity (Wildman–Crippen MR) is 74.4 cm³/mol. The van der Waals surface area contributed by atoms with Gasteiger partial charge in [0.15, 0.2) is 0 Å². The lowest BCUT2D eigenvalue weighted by Crippen LogP contribution is -2.28. The molecule has 0 amide bonds. The zero-order chi connectivity index (χ0) is 12.8. The first-order valence-corrected chi connectivity index (χ1v) is 6.93. The molecule has 0 saturated carbocycles. The average molecular weight is 248 g/mol. The van der Waals surface area contributed by atoms with E-state index < -0.39 is 0 Å².